The normalized spacial score (nSPS) is 16.1. The summed E-state index contributed by atoms with van der Waals surface area (Å²) in [5.41, 5.74) is 3.37. The minimum atomic E-state index is -0.413. The Morgan fingerprint density at radius 1 is 1.00 bits per heavy atom. The van der Waals surface area contributed by atoms with Crippen LogP contribution in [-0.4, -0.2) is 18.1 Å². The molecule has 0 unspecified atom stereocenters. The van der Waals surface area contributed by atoms with Gasteiger partial charge in [0.05, 0.1) is 0 Å². The fourth-order valence-electron chi connectivity index (χ4n) is 2.50. The molecular formula is C21H21NO2S. The highest BCUT2D eigenvalue weighted by Gasteiger charge is 2.24. The molecule has 2 aromatic carbocycles. The van der Waals surface area contributed by atoms with Crippen LogP contribution in [0.25, 0.3) is 6.08 Å². The fraction of sp³-hybridized carbons (Fsp3) is 0.238. The van der Waals surface area contributed by atoms with Crippen LogP contribution in [0.4, 0.5) is 0 Å². The van der Waals surface area contributed by atoms with Gasteiger partial charge in [0.25, 0.3) is 0 Å². The molecular weight excluding hydrogens is 330 g/mol. The SMILES string of the molecule is CSc1ccc(/C=C2\N=C(c3ccc(C(C)(C)C)cc3)OC2=O)cc1. The minimum Gasteiger partial charge on any atom is -0.402 e. The van der Waals surface area contributed by atoms with Crippen molar-refractivity contribution in [1.82, 2.24) is 0 Å². The highest BCUT2D eigenvalue weighted by molar-refractivity contribution is 7.98. The molecule has 0 atom stereocenters. The number of aliphatic imine (C=N–C) groups is 1. The number of carbonyl (C=O) groups is 1. The average Bonchev–Trinajstić information content (AvgIpc) is 2.96. The number of thioether (sulfide) groups is 1. The predicted molar refractivity (Wildman–Crippen MR) is 104 cm³/mol. The number of hydrogen-bond donors (Lipinski definition) is 0. The zero-order valence-electron chi connectivity index (χ0n) is 14.9. The van der Waals surface area contributed by atoms with Crippen LogP contribution in [0.5, 0.6) is 0 Å². The van der Waals surface area contributed by atoms with Crippen molar-refractivity contribution < 1.29 is 9.53 Å². The quantitative estimate of drug-likeness (QED) is 0.441. The molecule has 3 nitrogen and oxygen atoms in total. The van der Waals surface area contributed by atoms with E-state index in [-0.39, 0.29) is 5.41 Å². The topological polar surface area (TPSA) is 38.7 Å². The fourth-order valence-corrected chi connectivity index (χ4v) is 2.91. The molecule has 0 aliphatic carbocycles. The van der Waals surface area contributed by atoms with Gasteiger partial charge in [-0.3, -0.25) is 0 Å². The number of ether oxygens (including phenoxy) is 1. The Labute approximate surface area is 152 Å². The van der Waals surface area contributed by atoms with E-state index in [0.29, 0.717) is 11.6 Å². The maximum atomic E-state index is 12.1. The van der Waals surface area contributed by atoms with Gasteiger partial charge in [-0.2, -0.15) is 0 Å². The summed E-state index contributed by atoms with van der Waals surface area (Å²) in [6.07, 6.45) is 3.78. The van der Waals surface area contributed by atoms with Crippen LogP contribution in [0, 0.1) is 0 Å². The number of hydrogen-bond acceptors (Lipinski definition) is 4. The first-order valence-electron chi connectivity index (χ1n) is 8.14. The Morgan fingerprint density at radius 2 is 1.64 bits per heavy atom. The molecule has 0 aromatic heterocycles. The van der Waals surface area contributed by atoms with E-state index in [9.17, 15) is 4.79 Å². The van der Waals surface area contributed by atoms with E-state index in [1.54, 1.807) is 17.8 Å². The first kappa shape index (κ1) is 17.5. The molecule has 0 radical (unpaired) electrons. The molecule has 1 aliphatic heterocycles. The van der Waals surface area contributed by atoms with Crippen molar-refractivity contribution >= 4 is 29.7 Å². The summed E-state index contributed by atoms with van der Waals surface area (Å²) >= 11 is 1.68. The van der Waals surface area contributed by atoms with E-state index in [1.807, 2.05) is 42.7 Å². The number of carbonyl (C=O) groups excluding carboxylic acids is 1. The van der Waals surface area contributed by atoms with E-state index in [0.717, 1.165) is 11.1 Å². The van der Waals surface area contributed by atoms with E-state index >= 15 is 0 Å². The Balaban J connectivity index is 1.85. The molecule has 2 aromatic rings. The van der Waals surface area contributed by atoms with Gasteiger partial charge in [0, 0.05) is 10.5 Å². The minimum absolute atomic E-state index is 0.0840. The van der Waals surface area contributed by atoms with Crippen molar-refractivity contribution in [1.29, 1.82) is 0 Å². The Kier molecular flexibility index (Phi) is 4.82. The second-order valence-electron chi connectivity index (χ2n) is 6.94. The summed E-state index contributed by atoms with van der Waals surface area (Å²) in [7, 11) is 0. The zero-order valence-corrected chi connectivity index (χ0v) is 15.7. The number of cyclic esters (lactones) is 1. The molecule has 0 bridgehead atoms. The maximum Gasteiger partial charge on any atom is 0.363 e. The molecule has 128 valence electrons. The largest absolute Gasteiger partial charge is 0.402 e. The monoisotopic (exact) mass is 351 g/mol. The molecule has 1 aliphatic rings. The standard InChI is InChI=1S/C21H21NO2S/c1-21(2,3)16-9-7-15(8-10-16)19-22-18(20(23)24-19)13-14-5-11-17(25-4)12-6-14/h5-13H,1-4H3/b18-13-. The number of nitrogens with zero attached hydrogens (tertiary/aromatic N) is 1. The molecule has 4 heteroatoms. The third kappa shape index (κ3) is 4.02. The van der Waals surface area contributed by atoms with Gasteiger partial charge in [0.1, 0.15) is 0 Å². The van der Waals surface area contributed by atoms with Crippen LogP contribution >= 0.6 is 11.8 Å². The van der Waals surface area contributed by atoms with E-state index in [2.05, 4.69) is 37.9 Å². The van der Waals surface area contributed by atoms with E-state index in [1.165, 1.54) is 10.5 Å². The van der Waals surface area contributed by atoms with Gasteiger partial charge in [-0.25, -0.2) is 9.79 Å². The number of esters is 1. The molecule has 0 saturated carbocycles. The Bertz CT molecular complexity index is 841. The first-order valence-corrected chi connectivity index (χ1v) is 9.37. The summed E-state index contributed by atoms with van der Waals surface area (Å²) in [4.78, 5) is 17.7. The average molecular weight is 351 g/mol. The summed E-state index contributed by atoms with van der Waals surface area (Å²) < 4.78 is 5.34. The van der Waals surface area contributed by atoms with Gasteiger partial charge in [-0.15, -0.1) is 11.8 Å². The summed E-state index contributed by atoms with van der Waals surface area (Å²) in [6, 6.07) is 16.0. The van der Waals surface area contributed by atoms with Gasteiger partial charge in [0.15, 0.2) is 5.70 Å². The second kappa shape index (κ2) is 6.89. The van der Waals surface area contributed by atoms with E-state index in [4.69, 9.17) is 4.74 Å². The molecule has 0 spiro atoms. The highest BCUT2D eigenvalue weighted by atomic mass is 32.2. The highest BCUT2D eigenvalue weighted by Crippen LogP contribution is 2.24. The molecule has 25 heavy (non-hydrogen) atoms. The molecule has 3 rings (SSSR count). The third-order valence-electron chi connectivity index (χ3n) is 4.04. The molecule has 1 heterocycles. The van der Waals surface area contributed by atoms with Crippen LogP contribution in [0.1, 0.15) is 37.5 Å². The molecule has 0 saturated heterocycles. The van der Waals surface area contributed by atoms with Gasteiger partial charge >= 0.3 is 5.97 Å². The zero-order chi connectivity index (χ0) is 18.0. The summed E-state index contributed by atoms with van der Waals surface area (Å²) in [5, 5.41) is 0. The lowest BCUT2D eigenvalue weighted by atomic mass is 9.87. The van der Waals surface area contributed by atoms with Gasteiger partial charge < -0.3 is 4.74 Å². The van der Waals surface area contributed by atoms with Crippen molar-refractivity contribution in [2.24, 2.45) is 4.99 Å². The lowest BCUT2D eigenvalue weighted by molar-refractivity contribution is -0.129. The van der Waals surface area contributed by atoms with Crippen LogP contribution in [0.15, 0.2) is 64.1 Å². The third-order valence-corrected chi connectivity index (χ3v) is 4.78. The first-order chi connectivity index (χ1) is 11.9. The lowest BCUT2D eigenvalue weighted by Gasteiger charge is -2.18. The van der Waals surface area contributed by atoms with Gasteiger partial charge in [0.2, 0.25) is 5.90 Å². The molecule has 0 N–H and O–H groups in total. The van der Waals surface area contributed by atoms with Gasteiger partial charge in [-0.05, 0) is 53.1 Å². The molecule has 0 amide bonds. The number of benzene rings is 2. The van der Waals surface area contributed by atoms with E-state index < -0.39 is 5.97 Å². The van der Waals surface area contributed by atoms with Crippen molar-refractivity contribution in [2.45, 2.75) is 31.1 Å². The lowest BCUT2D eigenvalue weighted by Crippen LogP contribution is -2.11. The van der Waals surface area contributed by atoms with Gasteiger partial charge in [-0.1, -0.05) is 45.0 Å². The smallest absolute Gasteiger partial charge is 0.363 e. The van der Waals surface area contributed by atoms with Crippen molar-refractivity contribution in [3.8, 4) is 0 Å². The maximum absolute atomic E-state index is 12.1. The molecule has 0 fully saturated rings. The summed E-state index contributed by atoms with van der Waals surface area (Å²) in [5.74, 6) is -0.0544. The van der Waals surface area contributed by atoms with Crippen LogP contribution < -0.4 is 0 Å². The second-order valence-corrected chi connectivity index (χ2v) is 7.82. The van der Waals surface area contributed by atoms with Crippen LogP contribution in [0.2, 0.25) is 0 Å². The van der Waals surface area contributed by atoms with Crippen molar-refractivity contribution in [3.05, 3.63) is 70.9 Å². The summed E-state index contributed by atoms with van der Waals surface area (Å²) in [6.45, 7) is 6.49. The Morgan fingerprint density at radius 3 is 2.20 bits per heavy atom. The Hall–Kier alpha value is -2.33. The van der Waals surface area contributed by atoms with Crippen molar-refractivity contribution in [3.63, 3.8) is 0 Å². The van der Waals surface area contributed by atoms with Crippen LogP contribution in [-0.2, 0) is 14.9 Å². The predicted octanol–water partition coefficient (Wildman–Crippen LogP) is 5.05. The number of rotatable bonds is 3. The van der Waals surface area contributed by atoms with Crippen LogP contribution in [0.3, 0.4) is 0 Å². The van der Waals surface area contributed by atoms with Crippen molar-refractivity contribution in [2.75, 3.05) is 6.26 Å².